The summed E-state index contributed by atoms with van der Waals surface area (Å²) in [5, 5.41) is 4.69. The van der Waals surface area contributed by atoms with Gasteiger partial charge >= 0.3 is 0 Å². The van der Waals surface area contributed by atoms with E-state index in [0.717, 1.165) is 27.8 Å². The lowest BCUT2D eigenvalue weighted by Crippen LogP contribution is -2.33. The fourth-order valence-electron chi connectivity index (χ4n) is 1.68. The predicted octanol–water partition coefficient (Wildman–Crippen LogP) is 1.93. The zero-order valence-electron chi connectivity index (χ0n) is 10.3. The van der Waals surface area contributed by atoms with Crippen molar-refractivity contribution < 1.29 is 9.18 Å². The number of nitrogens with zero attached hydrogens (tertiary/aromatic N) is 1. The van der Waals surface area contributed by atoms with Gasteiger partial charge in [0.1, 0.15) is 12.4 Å². The summed E-state index contributed by atoms with van der Waals surface area (Å²) < 4.78 is 14.0. The SMILES string of the molecule is C[C@H](NC(=O)Cn1cc(F)ccc1=O)c1cccs1. The van der Waals surface area contributed by atoms with Crippen LogP contribution in [0.2, 0.25) is 0 Å². The summed E-state index contributed by atoms with van der Waals surface area (Å²) in [6.45, 7) is 1.67. The summed E-state index contributed by atoms with van der Waals surface area (Å²) in [5.74, 6) is -0.868. The molecule has 4 nitrogen and oxygen atoms in total. The summed E-state index contributed by atoms with van der Waals surface area (Å²) in [4.78, 5) is 24.3. The van der Waals surface area contributed by atoms with Crippen molar-refractivity contribution in [2.75, 3.05) is 0 Å². The highest BCUT2D eigenvalue weighted by atomic mass is 32.1. The van der Waals surface area contributed by atoms with E-state index in [-0.39, 0.29) is 18.5 Å². The smallest absolute Gasteiger partial charge is 0.251 e. The fraction of sp³-hybridized carbons (Fsp3) is 0.231. The molecule has 19 heavy (non-hydrogen) atoms. The molecule has 0 radical (unpaired) electrons. The van der Waals surface area contributed by atoms with Gasteiger partial charge in [-0.2, -0.15) is 0 Å². The van der Waals surface area contributed by atoms with Gasteiger partial charge in [0.05, 0.1) is 6.04 Å². The zero-order chi connectivity index (χ0) is 13.8. The van der Waals surface area contributed by atoms with E-state index in [1.54, 1.807) is 11.3 Å². The van der Waals surface area contributed by atoms with E-state index >= 15 is 0 Å². The molecular formula is C13H13FN2O2S. The minimum atomic E-state index is -0.543. The second-order valence-corrected chi connectivity index (χ2v) is 5.10. The minimum Gasteiger partial charge on any atom is -0.347 e. The van der Waals surface area contributed by atoms with Gasteiger partial charge in [-0.1, -0.05) is 6.07 Å². The lowest BCUT2D eigenvalue weighted by atomic mass is 10.3. The standard InChI is InChI=1S/C13H13FN2O2S/c1-9(11-3-2-6-19-11)15-12(17)8-16-7-10(14)4-5-13(16)18/h2-7,9H,8H2,1H3,(H,15,17)/t9-/m0/s1. The highest BCUT2D eigenvalue weighted by Gasteiger charge is 2.11. The van der Waals surface area contributed by atoms with Crippen molar-refractivity contribution >= 4 is 17.2 Å². The van der Waals surface area contributed by atoms with Gasteiger partial charge in [-0.25, -0.2) is 4.39 Å². The Morgan fingerprint density at radius 3 is 2.95 bits per heavy atom. The third-order valence-electron chi connectivity index (χ3n) is 2.61. The van der Waals surface area contributed by atoms with Crippen LogP contribution >= 0.6 is 11.3 Å². The normalized spacial score (nSPS) is 12.1. The maximum atomic E-state index is 13.0. The van der Waals surface area contributed by atoms with Crippen molar-refractivity contribution in [2.45, 2.75) is 19.5 Å². The molecule has 0 aliphatic heterocycles. The number of nitrogens with one attached hydrogen (secondary N) is 1. The molecule has 0 aliphatic carbocycles. The van der Waals surface area contributed by atoms with Gasteiger partial charge in [0.2, 0.25) is 5.91 Å². The van der Waals surface area contributed by atoms with Crippen molar-refractivity contribution in [3.63, 3.8) is 0 Å². The largest absolute Gasteiger partial charge is 0.347 e. The van der Waals surface area contributed by atoms with E-state index in [1.807, 2.05) is 24.4 Å². The fourth-order valence-corrected chi connectivity index (χ4v) is 2.41. The number of hydrogen-bond acceptors (Lipinski definition) is 3. The first-order chi connectivity index (χ1) is 9.06. The van der Waals surface area contributed by atoms with E-state index in [1.165, 1.54) is 0 Å². The maximum absolute atomic E-state index is 13.0. The van der Waals surface area contributed by atoms with E-state index in [0.29, 0.717) is 0 Å². The molecule has 2 aromatic rings. The molecule has 1 atom stereocenters. The molecule has 0 saturated heterocycles. The lowest BCUT2D eigenvalue weighted by Gasteiger charge is -2.13. The van der Waals surface area contributed by atoms with Crippen molar-refractivity contribution in [2.24, 2.45) is 0 Å². The quantitative estimate of drug-likeness (QED) is 0.930. The number of amides is 1. The van der Waals surface area contributed by atoms with Crippen LogP contribution in [-0.2, 0) is 11.3 Å². The first kappa shape index (κ1) is 13.5. The van der Waals surface area contributed by atoms with Crippen molar-refractivity contribution in [3.05, 3.63) is 56.9 Å². The molecule has 2 rings (SSSR count). The Labute approximate surface area is 113 Å². The molecule has 0 bridgehead atoms. The molecule has 6 heteroatoms. The Morgan fingerprint density at radius 2 is 2.26 bits per heavy atom. The number of halogens is 1. The Hall–Kier alpha value is -1.95. The molecule has 2 aromatic heterocycles. The molecule has 0 aromatic carbocycles. The maximum Gasteiger partial charge on any atom is 0.251 e. The van der Waals surface area contributed by atoms with Gasteiger partial charge in [0.15, 0.2) is 0 Å². The van der Waals surface area contributed by atoms with Crippen molar-refractivity contribution in [3.8, 4) is 0 Å². The van der Waals surface area contributed by atoms with Crippen LogP contribution in [0.5, 0.6) is 0 Å². The monoisotopic (exact) mass is 280 g/mol. The third-order valence-corrected chi connectivity index (χ3v) is 3.66. The molecular weight excluding hydrogens is 267 g/mol. The summed E-state index contributed by atoms with van der Waals surface area (Å²) in [7, 11) is 0. The van der Waals surface area contributed by atoms with Crippen LogP contribution in [0, 0.1) is 5.82 Å². The van der Waals surface area contributed by atoms with Gasteiger partial charge < -0.3 is 9.88 Å². The molecule has 0 spiro atoms. The summed E-state index contributed by atoms with van der Waals surface area (Å²) in [5.41, 5.74) is -0.402. The average molecular weight is 280 g/mol. The molecule has 0 aliphatic rings. The summed E-state index contributed by atoms with van der Waals surface area (Å²) in [6.07, 6.45) is 1.03. The first-order valence-corrected chi connectivity index (χ1v) is 6.63. The van der Waals surface area contributed by atoms with Crippen LogP contribution in [0.3, 0.4) is 0 Å². The molecule has 2 heterocycles. The van der Waals surface area contributed by atoms with E-state index in [9.17, 15) is 14.0 Å². The third kappa shape index (κ3) is 3.51. The van der Waals surface area contributed by atoms with Crippen LogP contribution in [0.4, 0.5) is 4.39 Å². The lowest BCUT2D eigenvalue weighted by molar-refractivity contribution is -0.122. The molecule has 0 saturated carbocycles. The van der Waals surface area contributed by atoms with Crippen molar-refractivity contribution in [1.82, 2.24) is 9.88 Å². The van der Waals surface area contributed by atoms with Crippen LogP contribution < -0.4 is 10.9 Å². The Balaban J connectivity index is 2.02. The highest BCUT2D eigenvalue weighted by Crippen LogP contribution is 2.17. The Kier molecular flexibility index (Phi) is 4.11. The number of hydrogen-bond donors (Lipinski definition) is 1. The molecule has 100 valence electrons. The molecule has 1 amide bonds. The van der Waals surface area contributed by atoms with Crippen molar-refractivity contribution in [1.29, 1.82) is 0 Å². The molecule has 0 unspecified atom stereocenters. The molecule has 1 N–H and O–H groups in total. The summed E-state index contributed by atoms with van der Waals surface area (Å²) >= 11 is 1.54. The van der Waals surface area contributed by atoms with Gasteiger partial charge in [-0.3, -0.25) is 9.59 Å². The van der Waals surface area contributed by atoms with E-state index in [4.69, 9.17) is 0 Å². The summed E-state index contributed by atoms with van der Waals surface area (Å²) in [6, 6.07) is 5.87. The Bertz CT molecular complexity index is 622. The number of aromatic nitrogens is 1. The molecule has 0 fully saturated rings. The van der Waals surface area contributed by atoms with E-state index in [2.05, 4.69) is 5.32 Å². The van der Waals surface area contributed by atoms with Gasteiger partial charge in [0, 0.05) is 17.1 Å². The second-order valence-electron chi connectivity index (χ2n) is 4.12. The number of carbonyl (C=O) groups excluding carboxylic acids is 1. The topological polar surface area (TPSA) is 51.1 Å². The van der Waals surface area contributed by atoms with E-state index < -0.39 is 11.4 Å². The number of thiophene rings is 1. The second kappa shape index (κ2) is 5.79. The van der Waals surface area contributed by atoms with Crippen LogP contribution in [0.15, 0.2) is 40.6 Å². The number of carbonyl (C=O) groups is 1. The zero-order valence-corrected chi connectivity index (χ0v) is 11.1. The minimum absolute atomic E-state index is 0.128. The van der Waals surface area contributed by atoms with Gasteiger partial charge in [0.25, 0.3) is 5.56 Å². The first-order valence-electron chi connectivity index (χ1n) is 5.75. The van der Waals surface area contributed by atoms with Gasteiger partial charge in [-0.15, -0.1) is 11.3 Å². The average Bonchev–Trinajstić information content (AvgIpc) is 2.87. The predicted molar refractivity (Wildman–Crippen MR) is 71.5 cm³/mol. The Morgan fingerprint density at radius 1 is 1.47 bits per heavy atom. The highest BCUT2D eigenvalue weighted by molar-refractivity contribution is 7.10. The van der Waals surface area contributed by atoms with Gasteiger partial charge in [-0.05, 0) is 24.4 Å². The van der Waals surface area contributed by atoms with Crippen LogP contribution in [0.1, 0.15) is 17.8 Å². The van der Waals surface area contributed by atoms with Crippen LogP contribution in [0.25, 0.3) is 0 Å². The number of rotatable bonds is 4. The van der Waals surface area contributed by atoms with Crippen LogP contribution in [-0.4, -0.2) is 10.5 Å². The number of pyridine rings is 1.